The van der Waals surface area contributed by atoms with Crippen molar-refractivity contribution in [2.45, 2.75) is 6.92 Å². The molecule has 0 spiro atoms. The normalized spacial score (nSPS) is 10.1. The van der Waals surface area contributed by atoms with Crippen LogP contribution in [0, 0.1) is 0 Å². The van der Waals surface area contributed by atoms with E-state index in [9.17, 15) is 4.79 Å². The predicted octanol–water partition coefficient (Wildman–Crippen LogP) is 4.29. The van der Waals surface area contributed by atoms with Crippen molar-refractivity contribution < 1.29 is 9.53 Å². The maximum atomic E-state index is 11.3. The fourth-order valence-corrected chi connectivity index (χ4v) is 1.98. The van der Waals surface area contributed by atoms with Gasteiger partial charge in [0, 0.05) is 16.9 Å². The van der Waals surface area contributed by atoms with E-state index >= 15 is 0 Å². The highest BCUT2D eigenvalue weighted by atomic mass is 35.5. The lowest BCUT2D eigenvalue weighted by atomic mass is 10.1. The Morgan fingerprint density at radius 2 is 1.89 bits per heavy atom. The predicted molar refractivity (Wildman–Crippen MR) is 77.7 cm³/mol. The van der Waals surface area contributed by atoms with Gasteiger partial charge in [-0.05, 0) is 37.3 Å². The van der Waals surface area contributed by atoms with Crippen LogP contribution in [0.1, 0.15) is 17.3 Å². The number of carbonyl (C=O) groups is 1. The van der Waals surface area contributed by atoms with Crippen LogP contribution in [0.3, 0.4) is 0 Å². The van der Waals surface area contributed by atoms with Crippen LogP contribution in [0.5, 0.6) is 5.75 Å². The van der Waals surface area contributed by atoms with E-state index < -0.39 is 0 Å². The molecule has 0 heterocycles. The zero-order valence-electron chi connectivity index (χ0n) is 10.7. The highest BCUT2D eigenvalue weighted by Gasteiger charge is 2.04. The minimum atomic E-state index is 0.0383. The first-order chi connectivity index (χ1) is 9.10. The third-order valence-corrected chi connectivity index (χ3v) is 3.00. The highest BCUT2D eigenvalue weighted by Crippen LogP contribution is 2.28. The number of carbonyl (C=O) groups excluding carboxylic acids is 1. The van der Waals surface area contributed by atoms with E-state index in [0.29, 0.717) is 16.3 Å². The average Bonchev–Trinajstić information content (AvgIpc) is 2.39. The van der Waals surface area contributed by atoms with E-state index in [1.54, 1.807) is 38.3 Å². The lowest BCUT2D eigenvalue weighted by Gasteiger charge is -2.09. The van der Waals surface area contributed by atoms with E-state index in [4.69, 9.17) is 16.3 Å². The summed E-state index contributed by atoms with van der Waals surface area (Å²) in [5.41, 5.74) is 2.35. The second-order valence-corrected chi connectivity index (χ2v) is 4.52. The Morgan fingerprint density at radius 1 is 1.16 bits per heavy atom. The third-order valence-electron chi connectivity index (χ3n) is 2.71. The van der Waals surface area contributed by atoms with Gasteiger partial charge in [-0.25, -0.2) is 0 Å². The van der Waals surface area contributed by atoms with E-state index in [0.717, 1.165) is 11.4 Å². The molecule has 2 aromatic rings. The first-order valence-electron chi connectivity index (χ1n) is 5.81. The van der Waals surface area contributed by atoms with Crippen LogP contribution in [0.15, 0.2) is 42.5 Å². The summed E-state index contributed by atoms with van der Waals surface area (Å²) in [5.74, 6) is 0.668. The van der Waals surface area contributed by atoms with Crippen LogP contribution >= 0.6 is 11.6 Å². The summed E-state index contributed by atoms with van der Waals surface area (Å²) in [6.07, 6.45) is 0. The number of ether oxygens (including phenoxy) is 1. The van der Waals surface area contributed by atoms with Crippen molar-refractivity contribution in [3.05, 3.63) is 53.1 Å². The zero-order valence-corrected chi connectivity index (χ0v) is 11.5. The van der Waals surface area contributed by atoms with Gasteiger partial charge in [-0.3, -0.25) is 4.79 Å². The van der Waals surface area contributed by atoms with Crippen molar-refractivity contribution in [1.29, 1.82) is 0 Å². The minimum Gasteiger partial charge on any atom is -0.495 e. The van der Waals surface area contributed by atoms with E-state index in [2.05, 4.69) is 5.32 Å². The molecule has 2 rings (SSSR count). The van der Waals surface area contributed by atoms with Crippen LogP contribution in [0.4, 0.5) is 11.4 Å². The molecule has 3 nitrogen and oxygen atoms in total. The number of hydrogen-bond donors (Lipinski definition) is 1. The molecule has 0 unspecified atom stereocenters. The Balaban J connectivity index is 2.23. The topological polar surface area (TPSA) is 38.3 Å². The van der Waals surface area contributed by atoms with Gasteiger partial charge in [0.05, 0.1) is 12.1 Å². The maximum absolute atomic E-state index is 11.3. The smallest absolute Gasteiger partial charge is 0.159 e. The van der Waals surface area contributed by atoms with Gasteiger partial charge in [-0.2, -0.15) is 0 Å². The summed E-state index contributed by atoms with van der Waals surface area (Å²) in [6.45, 7) is 1.55. The minimum absolute atomic E-state index is 0.0383. The third kappa shape index (κ3) is 3.26. The van der Waals surface area contributed by atoms with Gasteiger partial charge in [-0.1, -0.05) is 23.7 Å². The number of Topliss-reactive ketones (excluding diaryl/α,β-unsaturated/α-hetero) is 1. The summed E-state index contributed by atoms with van der Waals surface area (Å²) < 4.78 is 5.10. The van der Waals surface area contributed by atoms with Gasteiger partial charge >= 0.3 is 0 Å². The van der Waals surface area contributed by atoms with E-state index in [-0.39, 0.29) is 5.78 Å². The molecule has 0 aromatic heterocycles. The molecule has 2 aromatic carbocycles. The van der Waals surface area contributed by atoms with Crippen LogP contribution in [-0.2, 0) is 0 Å². The summed E-state index contributed by atoms with van der Waals surface area (Å²) in [4.78, 5) is 11.3. The number of benzene rings is 2. The van der Waals surface area contributed by atoms with Crippen molar-refractivity contribution in [1.82, 2.24) is 0 Å². The van der Waals surface area contributed by atoms with Gasteiger partial charge in [0.25, 0.3) is 0 Å². The quantitative estimate of drug-likeness (QED) is 0.846. The highest BCUT2D eigenvalue weighted by molar-refractivity contribution is 6.32. The number of nitrogens with one attached hydrogen (secondary N) is 1. The summed E-state index contributed by atoms with van der Waals surface area (Å²) in [6, 6.07) is 12.8. The van der Waals surface area contributed by atoms with Gasteiger partial charge in [-0.15, -0.1) is 0 Å². The molecule has 0 fully saturated rings. The lowest BCUT2D eigenvalue weighted by Crippen LogP contribution is -1.95. The molecule has 0 radical (unpaired) electrons. The number of methoxy groups -OCH3 is 1. The molecule has 0 saturated heterocycles. The molecule has 1 N–H and O–H groups in total. The Kier molecular flexibility index (Phi) is 4.07. The fourth-order valence-electron chi connectivity index (χ4n) is 1.73. The van der Waals surface area contributed by atoms with Gasteiger partial charge < -0.3 is 10.1 Å². The zero-order chi connectivity index (χ0) is 13.8. The van der Waals surface area contributed by atoms with Gasteiger partial charge in [0.2, 0.25) is 0 Å². The average molecular weight is 276 g/mol. The molecule has 4 heteroatoms. The van der Waals surface area contributed by atoms with Crippen molar-refractivity contribution in [3.63, 3.8) is 0 Å². The molecule has 0 aliphatic carbocycles. The lowest BCUT2D eigenvalue weighted by molar-refractivity contribution is 0.101. The number of anilines is 2. The molecular weight excluding hydrogens is 262 g/mol. The van der Waals surface area contributed by atoms with Crippen molar-refractivity contribution in [2.75, 3.05) is 12.4 Å². The monoisotopic (exact) mass is 275 g/mol. The molecule has 0 aliphatic heterocycles. The number of hydrogen-bond acceptors (Lipinski definition) is 3. The Bertz CT molecular complexity index is 611. The molecule has 0 atom stereocenters. The second-order valence-electron chi connectivity index (χ2n) is 4.11. The Labute approximate surface area is 117 Å². The standard InChI is InChI=1S/C15H14ClNO2/c1-10(18)11-4-3-5-12(8-11)17-13-6-7-15(19-2)14(16)9-13/h3-9,17H,1-2H3. The van der Waals surface area contributed by atoms with E-state index in [1.165, 1.54) is 0 Å². The summed E-state index contributed by atoms with van der Waals surface area (Å²) >= 11 is 6.06. The first kappa shape index (κ1) is 13.4. The molecule has 19 heavy (non-hydrogen) atoms. The Morgan fingerprint density at radius 3 is 2.53 bits per heavy atom. The second kappa shape index (κ2) is 5.76. The molecule has 98 valence electrons. The summed E-state index contributed by atoms with van der Waals surface area (Å²) in [7, 11) is 1.57. The van der Waals surface area contributed by atoms with Crippen molar-refractivity contribution in [3.8, 4) is 5.75 Å². The fraction of sp³-hybridized carbons (Fsp3) is 0.133. The van der Waals surface area contributed by atoms with Crippen molar-refractivity contribution in [2.24, 2.45) is 0 Å². The number of ketones is 1. The SMILES string of the molecule is COc1ccc(Nc2cccc(C(C)=O)c2)cc1Cl. The summed E-state index contributed by atoms with van der Waals surface area (Å²) in [5, 5.41) is 3.74. The molecular formula is C15H14ClNO2. The first-order valence-corrected chi connectivity index (χ1v) is 6.19. The molecule has 0 saturated carbocycles. The number of halogens is 1. The number of rotatable bonds is 4. The van der Waals surface area contributed by atoms with Gasteiger partial charge in [0.15, 0.2) is 5.78 Å². The van der Waals surface area contributed by atoms with Crippen LogP contribution in [0.2, 0.25) is 5.02 Å². The van der Waals surface area contributed by atoms with Crippen molar-refractivity contribution >= 4 is 28.8 Å². The Hall–Kier alpha value is -2.00. The molecule has 0 bridgehead atoms. The molecule has 0 aliphatic rings. The maximum Gasteiger partial charge on any atom is 0.159 e. The van der Waals surface area contributed by atoms with Crippen LogP contribution in [0.25, 0.3) is 0 Å². The van der Waals surface area contributed by atoms with Crippen LogP contribution in [-0.4, -0.2) is 12.9 Å². The molecule has 0 amide bonds. The van der Waals surface area contributed by atoms with Crippen LogP contribution < -0.4 is 10.1 Å². The van der Waals surface area contributed by atoms with Gasteiger partial charge in [0.1, 0.15) is 5.75 Å². The van der Waals surface area contributed by atoms with E-state index in [1.807, 2.05) is 18.2 Å². The largest absolute Gasteiger partial charge is 0.495 e.